The Morgan fingerprint density at radius 3 is 2.88 bits per heavy atom. The van der Waals surface area contributed by atoms with Crippen LogP contribution < -0.4 is 5.73 Å². The summed E-state index contributed by atoms with van der Waals surface area (Å²) in [4.78, 5) is 4.90. The molecular formula is C10H9ClF2N2S. The van der Waals surface area contributed by atoms with Crippen molar-refractivity contribution in [3.05, 3.63) is 28.2 Å². The maximum Gasteiger partial charge on any atom is 0.253 e. The van der Waals surface area contributed by atoms with Gasteiger partial charge in [-0.05, 0) is 18.2 Å². The standard InChI is InChI=1S/C10H9ClF2N2S/c11-9-2-1-8-7(15-9)4-5(16-8)3-6(14)10(12)13/h1-2,4,6,10H,3,14H2. The zero-order valence-corrected chi connectivity index (χ0v) is 9.73. The summed E-state index contributed by atoms with van der Waals surface area (Å²) in [6.45, 7) is 0. The normalized spacial score (nSPS) is 13.6. The predicted molar refractivity (Wildman–Crippen MR) is 62.3 cm³/mol. The fourth-order valence-corrected chi connectivity index (χ4v) is 2.60. The Hall–Kier alpha value is -0.780. The Morgan fingerprint density at radius 1 is 1.44 bits per heavy atom. The highest BCUT2D eigenvalue weighted by Crippen LogP contribution is 2.26. The molecular weight excluding hydrogens is 254 g/mol. The molecule has 1 unspecified atom stereocenters. The summed E-state index contributed by atoms with van der Waals surface area (Å²) in [5.41, 5.74) is 6.04. The second-order valence-corrected chi connectivity index (χ2v) is 4.99. The maximum absolute atomic E-state index is 12.3. The Kier molecular flexibility index (Phi) is 3.37. The van der Waals surface area contributed by atoms with Gasteiger partial charge in [0, 0.05) is 11.3 Å². The number of alkyl halides is 2. The van der Waals surface area contributed by atoms with Gasteiger partial charge in [0.15, 0.2) is 0 Å². The van der Waals surface area contributed by atoms with Crippen molar-refractivity contribution in [1.82, 2.24) is 4.98 Å². The monoisotopic (exact) mass is 262 g/mol. The van der Waals surface area contributed by atoms with Crippen molar-refractivity contribution in [2.24, 2.45) is 5.73 Å². The van der Waals surface area contributed by atoms with Crippen molar-refractivity contribution < 1.29 is 8.78 Å². The summed E-state index contributed by atoms with van der Waals surface area (Å²) in [5, 5.41) is 0.398. The molecule has 0 bridgehead atoms. The van der Waals surface area contributed by atoms with E-state index in [-0.39, 0.29) is 6.42 Å². The number of fused-ring (bicyclic) bond motifs is 1. The van der Waals surface area contributed by atoms with Gasteiger partial charge in [0.05, 0.1) is 16.3 Å². The van der Waals surface area contributed by atoms with Gasteiger partial charge in [0.25, 0.3) is 6.43 Å². The Bertz CT molecular complexity index is 501. The van der Waals surface area contributed by atoms with Crippen molar-refractivity contribution in [1.29, 1.82) is 0 Å². The first-order valence-corrected chi connectivity index (χ1v) is 5.84. The molecule has 2 aromatic heterocycles. The van der Waals surface area contributed by atoms with Crippen LogP contribution in [0, 0.1) is 0 Å². The lowest BCUT2D eigenvalue weighted by Gasteiger charge is -2.07. The van der Waals surface area contributed by atoms with Crippen LogP contribution in [-0.4, -0.2) is 17.5 Å². The summed E-state index contributed by atoms with van der Waals surface area (Å²) in [5.74, 6) is 0. The molecule has 0 amide bonds. The molecule has 0 aliphatic heterocycles. The number of hydrogen-bond donors (Lipinski definition) is 1. The fraction of sp³-hybridized carbons (Fsp3) is 0.300. The molecule has 0 saturated heterocycles. The van der Waals surface area contributed by atoms with Crippen LogP contribution in [-0.2, 0) is 6.42 Å². The van der Waals surface area contributed by atoms with Gasteiger partial charge in [-0.3, -0.25) is 0 Å². The molecule has 6 heteroatoms. The van der Waals surface area contributed by atoms with Crippen molar-refractivity contribution >= 4 is 33.2 Å². The molecule has 2 aromatic rings. The predicted octanol–water partition coefficient (Wildman–Crippen LogP) is 3.08. The fourth-order valence-electron chi connectivity index (χ4n) is 1.37. The van der Waals surface area contributed by atoms with Crippen LogP contribution in [0.3, 0.4) is 0 Å². The van der Waals surface area contributed by atoms with Crippen molar-refractivity contribution in [3.8, 4) is 0 Å². The molecule has 0 radical (unpaired) electrons. The van der Waals surface area contributed by atoms with Gasteiger partial charge in [-0.25, -0.2) is 13.8 Å². The summed E-state index contributed by atoms with van der Waals surface area (Å²) < 4.78 is 25.5. The van der Waals surface area contributed by atoms with Crippen LogP contribution in [0.25, 0.3) is 10.2 Å². The van der Waals surface area contributed by atoms with E-state index in [1.807, 2.05) is 6.07 Å². The highest BCUT2D eigenvalue weighted by atomic mass is 35.5. The zero-order valence-electron chi connectivity index (χ0n) is 8.16. The van der Waals surface area contributed by atoms with Gasteiger partial charge in [0.2, 0.25) is 0 Å². The molecule has 0 spiro atoms. The van der Waals surface area contributed by atoms with E-state index >= 15 is 0 Å². The molecule has 2 heterocycles. The number of aromatic nitrogens is 1. The number of nitrogens with two attached hydrogens (primary N) is 1. The van der Waals surface area contributed by atoms with Crippen LogP contribution >= 0.6 is 22.9 Å². The lowest BCUT2D eigenvalue weighted by molar-refractivity contribution is 0.116. The van der Waals surface area contributed by atoms with Gasteiger partial charge in [-0.15, -0.1) is 11.3 Å². The number of nitrogens with zero attached hydrogens (tertiary/aromatic N) is 1. The molecule has 2 rings (SSSR count). The van der Waals surface area contributed by atoms with Gasteiger partial charge in [-0.2, -0.15) is 0 Å². The first-order valence-electron chi connectivity index (χ1n) is 4.65. The SMILES string of the molecule is NC(Cc1cc2nc(Cl)ccc2s1)C(F)F. The molecule has 0 aliphatic rings. The molecule has 0 fully saturated rings. The first-order chi connectivity index (χ1) is 7.56. The highest BCUT2D eigenvalue weighted by Gasteiger charge is 2.17. The number of rotatable bonds is 3. The number of pyridine rings is 1. The average Bonchev–Trinajstić information content (AvgIpc) is 2.58. The van der Waals surface area contributed by atoms with Crippen molar-refractivity contribution in [3.63, 3.8) is 0 Å². The minimum Gasteiger partial charge on any atom is -0.323 e. The number of halogens is 3. The average molecular weight is 263 g/mol. The third kappa shape index (κ3) is 2.48. The molecule has 0 aromatic carbocycles. The van der Waals surface area contributed by atoms with Crippen LogP contribution in [0.15, 0.2) is 18.2 Å². The van der Waals surface area contributed by atoms with E-state index < -0.39 is 12.5 Å². The second kappa shape index (κ2) is 4.61. The summed E-state index contributed by atoms with van der Waals surface area (Å²) in [7, 11) is 0. The lowest BCUT2D eigenvalue weighted by atomic mass is 10.2. The van der Waals surface area contributed by atoms with Gasteiger partial charge < -0.3 is 5.73 Å². The van der Waals surface area contributed by atoms with E-state index in [1.54, 1.807) is 12.1 Å². The number of thiophene rings is 1. The van der Waals surface area contributed by atoms with E-state index in [0.29, 0.717) is 5.15 Å². The minimum atomic E-state index is -2.50. The highest BCUT2D eigenvalue weighted by molar-refractivity contribution is 7.19. The van der Waals surface area contributed by atoms with E-state index in [9.17, 15) is 8.78 Å². The van der Waals surface area contributed by atoms with E-state index in [2.05, 4.69) is 4.98 Å². The van der Waals surface area contributed by atoms with Crippen molar-refractivity contribution in [2.75, 3.05) is 0 Å². The summed E-state index contributed by atoms with van der Waals surface area (Å²) >= 11 is 7.15. The third-order valence-electron chi connectivity index (χ3n) is 2.15. The first kappa shape index (κ1) is 11.7. The van der Waals surface area contributed by atoms with E-state index in [4.69, 9.17) is 17.3 Å². The molecule has 1 atom stereocenters. The topological polar surface area (TPSA) is 38.9 Å². The van der Waals surface area contributed by atoms with Crippen LogP contribution in [0.1, 0.15) is 4.88 Å². The molecule has 0 aliphatic carbocycles. The molecule has 16 heavy (non-hydrogen) atoms. The lowest BCUT2D eigenvalue weighted by Crippen LogP contribution is -2.30. The molecule has 2 nitrogen and oxygen atoms in total. The Balaban J connectivity index is 2.26. The van der Waals surface area contributed by atoms with Crippen LogP contribution in [0.5, 0.6) is 0 Å². The minimum absolute atomic E-state index is 0.163. The van der Waals surface area contributed by atoms with Crippen LogP contribution in [0.2, 0.25) is 5.15 Å². The second-order valence-electron chi connectivity index (χ2n) is 3.43. The Morgan fingerprint density at radius 2 is 2.19 bits per heavy atom. The Labute approximate surface area is 100 Å². The van der Waals surface area contributed by atoms with Gasteiger partial charge >= 0.3 is 0 Å². The van der Waals surface area contributed by atoms with E-state index in [1.165, 1.54) is 11.3 Å². The molecule has 0 saturated carbocycles. The van der Waals surface area contributed by atoms with Gasteiger partial charge in [-0.1, -0.05) is 11.6 Å². The van der Waals surface area contributed by atoms with Crippen molar-refractivity contribution in [2.45, 2.75) is 18.9 Å². The smallest absolute Gasteiger partial charge is 0.253 e. The zero-order chi connectivity index (χ0) is 11.7. The largest absolute Gasteiger partial charge is 0.323 e. The maximum atomic E-state index is 12.3. The van der Waals surface area contributed by atoms with Crippen LogP contribution in [0.4, 0.5) is 8.78 Å². The third-order valence-corrected chi connectivity index (χ3v) is 3.47. The summed E-state index contributed by atoms with van der Waals surface area (Å²) in [6.07, 6.45) is -2.34. The molecule has 2 N–H and O–H groups in total. The van der Waals surface area contributed by atoms with E-state index in [0.717, 1.165) is 15.1 Å². The molecule has 86 valence electrons. The summed E-state index contributed by atoms with van der Waals surface area (Å²) in [6, 6.07) is 4.14. The number of hydrogen-bond acceptors (Lipinski definition) is 3. The quantitative estimate of drug-likeness (QED) is 0.864. The van der Waals surface area contributed by atoms with Gasteiger partial charge in [0.1, 0.15) is 5.15 Å².